The highest BCUT2D eigenvalue weighted by atomic mass is 15.2. The summed E-state index contributed by atoms with van der Waals surface area (Å²) in [5.41, 5.74) is 8.94. The molecule has 0 aliphatic carbocycles. The van der Waals surface area contributed by atoms with Crippen molar-refractivity contribution in [1.82, 2.24) is 0 Å². The first-order chi connectivity index (χ1) is 12.4. The van der Waals surface area contributed by atoms with Crippen molar-refractivity contribution in [2.24, 2.45) is 0 Å². The molecule has 126 valence electrons. The van der Waals surface area contributed by atoms with E-state index < -0.39 is 0 Å². The highest BCUT2D eigenvalue weighted by Crippen LogP contribution is 2.35. The second-order valence-electron chi connectivity index (χ2n) is 7.26. The molecular weight excluding hydrogens is 304 g/mol. The molecular formula is C23H24N2. The van der Waals surface area contributed by atoms with Gasteiger partial charge in [-0.1, -0.05) is 54.6 Å². The lowest BCUT2D eigenvalue weighted by molar-refractivity contribution is 0.719. The topological polar surface area (TPSA) is 6.48 Å². The van der Waals surface area contributed by atoms with Gasteiger partial charge >= 0.3 is 0 Å². The standard InChI is InChI=1S/C12H11N.C11H13N/c1-4-10-6-2-8-13-9-3-7-11(5-1)12(10)13;1-3-9-5-2-7-12-8-6-10(4-1)11(9)12/h1-6,9H,7-8H2;1,3-4H,2,5-8H2. The average molecular weight is 328 g/mol. The largest absolute Gasteiger partial charge is 0.371 e. The molecule has 0 atom stereocenters. The fourth-order valence-electron chi connectivity index (χ4n) is 4.59. The van der Waals surface area contributed by atoms with Gasteiger partial charge in [-0.25, -0.2) is 0 Å². The molecule has 0 spiro atoms. The van der Waals surface area contributed by atoms with Crippen LogP contribution < -0.4 is 9.80 Å². The molecule has 2 heteroatoms. The van der Waals surface area contributed by atoms with Crippen LogP contribution in [0.5, 0.6) is 0 Å². The maximum atomic E-state index is 2.55. The van der Waals surface area contributed by atoms with Gasteiger partial charge in [0.25, 0.3) is 0 Å². The fourth-order valence-corrected chi connectivity index (χ4v) is 4.59. The van der Waals surface area contributed by atoms with Crippen molar-refractivity contribution < 1.29 is 0 Å². The van der Waals surface area contributed by atoms with Gasteiger partial charge in [-0.2, -0.15) is 0 Å². The molecule has 0 bridgehead atoms. The average Bonchev–Trinajstić information content (AvgIpc) is 3.09. The summed E-state index contributed by atoms with van der Waals surface area (Å²) in [4.78, 5) is 4.86. The number of rotatable bonds is 0. The number of nitrogens with zero attached hydrogens (tertiary/aromatic N) is 2. The molecule has 2 nitrogen and oxygen atoms in total. The van der Waals surface area contributed by atoms with Gasteiger partial charge in [-0.15, -0.1) is 0 Å². The Kier molecular flexibility index (Phi) is 3.62. The van der Waals surface area contributed by atoms with E-state index in [-0.39, 0.29) is 0 Å². The summed E-state index contributed by atoms with van der Waals surface area (Å²) < 4.78 is 0. The highest BCUT2D eigenvalue weighted by Gasteiger charge is 2.24. The van der Waals surface area contributed by atoms with E-state index in [0.29, 0.717) is 0 Å². The number of benzene rings is 2. The molecule has 0 saturated carbocycles. The summed E-state index contributed by atoms with van der Waals surface area (Å²) in [5, 5.41) is 0. The predicted octanol–water partition coefficient (Wildman–Crippen LogP) is 4.58. The SMILES string of the molecule is C1=CN2CC=Cc3cccc(c32)C1.c1cc2c3c(c1)CCN3CCC2. The first-order valence-corrected chi connectivity index (χ1v) is 9.47. The molecule has 2 aromatic rings. The van der Waals surface area contributed by atoms with Crippen LogP contribution in [0.25, 0.3) is 6.08 Å². The summed E-state index contributed by atoms with van der Waals surface area (Å²) in [6, 6.07) is 13.3. The van der Waals surface area contributed by atoms with E-state index in [1.807, 2.05) is 0 Å². The third-order valence-electron chi connectivity index (χ3n) is 5.71. The van der Waals surface area contributed by atoms with E-state index in [9.17, 15) is 0 Å². The summed E-state index contributed by atoms with van der Waals surface area (Å²) in [5.74, 6) is 0. The Bertz CT molecular complexity index is 862. The second-order valence-corrected chi connectivity index (χ2v) is 7.26. The zero-order chi connectivity index (χ0) is 16.6. The van der Waals surface area contributed by atoms with Crippen molar-refractivity contribution >= 4 is 17.5 Å². The zero-order valence-electron chi connectivity index (χ0n) is 14.6. The smallest absolute Gasteiger partial charge is 0.0518 e. The summed E-state index contributed by atoms with van der Waals surface area (Å²) in [6.07, 6.45) is 13.8. The van der Waals surface area contributed by atoms with Gasteiger partial charge in [-0.3, -0.25) is 0 Å². The van der Waals surface area contributed by atoms with E-state index >= 15 is 0 Å². The molecule has 0 radical (unpaired) electrons. The summed E-state index contributed by atoms with van der Waals surface area (Å²) >= 11 is 0. The number of allylic oxidation sites excluding steroid dienone is 1. The third-order valence-corrected chi connectivity index (χ3v) is 5.71. The Balaban J connectivity index is 0.000000112. The van der Waals surface area contributed by atoms with E-state index in [0.717, 1.165) is 13.0 Å². The molecule has 4 heterocycles. The van der Waals surface area contributed by atoms with Crippen LogP contribution in [0.15, 0.2) is 54.8 Å². The molecule has 0 N–H and O–H groups in total. The Labute approximate surface area is 150 Å². The number of hydrogen-bond acceptors (Lipinski definition) is 2. The van der Waals surface area contributed by atoms with Gasteiger partial charge < -0.3 is 9.80 Å². The monoisotopic (exact) mass is 328 g/mol. The van der Waals surface area contributed by atoms with Gasteiger partial charge in [0.15, 0.2) is 0 Å². The quantitative estimate of drug-likeness (QED) is 0.698. The van der Waals surface area contributed by atoms with E-state index in [2.05, 4.69) is 70.6 Å². The molecule has 4 aliphatic heterocycles. The minimum Gasteiger partial charge on any atom is -0.371 e. The Morgan fingerprint density at radius 3 is 2.56 bits per heavy atom. The molecule has 0 fully saturated rings. The Hall–Kier alpha value is -2.48. The summed E-state index contributed by atoms with van der Waals surface area (Å²) in [7, 11) is 0. The lowest BCUT2D eigenvalue weighted by Crippen LogP contribution is -2.26. The Morgan fingerprint density at radius 1 is 0.760 bits per heavy atom. The van der Waals surface area contributed by atoms with Crippen molar-refractivity contribution in [2.75, 3.05) is 29.4 Å². The van der Waals surface area contributed by atoms with Crippen molar-refractivity contribution in [3.8, 4) is 0 Å². The van der Waals surface area contributed by atoms with Gasteiger partial charge in [0, 0.05) is 31.5 Å². The number of anilines is 2. The van der Waals surface area contributed by atoms with E-state index in [4.69, 9.17) is 0 Å². The molecule has 0 saturated heterocycles. The normalized spacial score (nSPS) is 18.4. The maximum absolute atomic E-state index is 2.55. The van der Waals surface area contributed by atoms with Crippen LogP contribution in [0.2, 0.25) is 0 Å². The van der Waals surface area contributed by atoms with Crippen LogP contribution in [-0.4, -0.2) is 19.6 Å². The van der Waals surface area contributed by atoms with Crippen LogP contribution in [0.3, 0.4) is 0 Å². The van der Waals surface area contributed by atoms with Gasteiger partial charge in [-0.05, 0) is 47.9 Å². The van der Waals surface area contributed by atoms with Crippen LogP contribution in [0, 0.1) is 0 Å². The number of para-hydroxylation sites is 2. The number of hydrogen-bond donors (Lipinski definition) is 0. The van der Waals surface area contributed by atoms with E-state index in [1.54, 1.807) is 16.8 Å². The minimum atomic E-state index is 1.01. The van der Waals surface area contributed by atoms with Crippen LogP contribution in [0.1, 0.15) is 28.7 Å². The minimum absolute atomic E-state index is 1.01. The maximum Gasteiger partial charge on any atom is 0.0518 e. The number of aryl methyl sites for hydroxylation is 1. The van der Waals surface area contributed by atoms with Crippen molar-refractivity contribution in [3.63, 3.8) is 0 Å². The van der Waals surface area contributed by atoms with Crippen molar-refractivity contribution in [3.05, 3.63) is 77.0 Å². The molecule has 25 heavy (non-hydrogen) atoms. The van der Waals surface area contributed by atoms with Crippen LogP contribution in [-0.2, 0) is 19.3 Å². The molecule has 2 aromatic carbocycles. The van der Waals surface area contributed by atoms with Gasteiger partial charge in [0.1, 0.15) is 0 Å². The van der Waals surface area contributed by atoms with Gasteiger partial charge in [0.2, 0.25) is 0 Å². The zero-order valence-corrected chi connectivity index (χ0v) is 14.6. The summed E-state index contributed by atoms with van der Waals surface area (Å²) in [6.45, 7) is 3.55. The second kappa shape index (κ2) is 6.11. The molecule has 0 aromatic heterocycles. The van der Waals surface area contributed by atoms with Crippen LogP contribution in [0.4, 0.5) is 11.4 Å². The fraction of sp³-hybridized carbons (Fsp3) is 0.304. The Morgan fingerprint density at radius 2 is 1.60 bits per heavy atom. The van der Waals surface area contributed by atoms with E-state index in [1.165, 1.54) is 49.2 Å². The highest BCUT2D eigenvalue weighted by molar-refractivity contribution is 5.76. The lowest BCUT2D eigenvalue weighted by atomic mass is 9.98. The predicted molar refractivity (Wildman–Crippen MR) is 106 cm³/mol. The van der Waals surface area contributed by atoms with Crippen molar-refractivity contribution in [1.29, 1.82) is 0 Å². The van der Waals surface area contributed by atoms with Crippen molar-refractivity contribution in [2.45, 2.75) is 25.7 Å². The lowest BCUT2D eigenvalue weighted by Gasteiger charge is -2.29. The van der Waals surface area contributed by atoms with Crippen LogP contribution >= 0.6 is 0 Å². The third kappa shape index (κ3) is 2.57. The molecule has 0 unspecified atom stereocenters. The molecule has 0 amide bonds. The first kappa shape index (κ1) is 14.8. The molecule has 4 aliphatic rings. The molecule has 6 rings (SSSR count). The van der Waals surface area contributed by atoms with Gasteiger partial charge in [0.05, 0.1) is 5.69 Å². The first-order valence-electron chi connectivity index (χ1n) is 9.47.